The Morgan fingerprint density at radius 3 is 2.60 bits per heavy atom. The number of aliphatic hydroxyl groups is 1. The molecule has 0 bridgehead atoms. The number of ether oxygens (including phenoxy) is 1. The topological polar surface area (TPSA) is 70.6 Å². The van der Waals surface area contributed by atoms with E-state index >= 15 is 0 Å². The minimum atomic E-state index is -0.286. The van der Waals surface area contributed by atoms with Gasteiger partial charge in [-0.3, -0.25) is 0 Å². The van der Waals surface area contributed by atoms with Gasteiger partial charge in [0.25, 0.3) is 0 Å². The molecule has 5 nitrogen and oxygen atoms in total. The fraction of sp³-hybridized carbons (Fsp3) is 0.350. The molecule has 2 amide bonds. The van der Waals surface area contributed by atoms with E-state index in [-0.39, 0.29) is 12.6 Å². The second-order valence-corrected chi connectivity index (χ2v) is 6.29. The first-order valence-corrected chi connectivity index (χ1v) is 8.74. The van der Waals surface area contributed by atoms with Crippen molar-refractivity contribution in [2.75, 3.05) is 5.32 Å². The first kappa shape index (κ1) is 17.3. The molecule has 1 saturated carbocycles. The van der Waals surface area contributed by atoms with E-state index in [1.807, 2.05) is 48.5 Å². The zero-order chi connectivity index (χ0) is 17.5. The van der Waals surface area contributed by atoms with Gasteiger partial charge in [0, 0.05) is 18.3 Å². The van der Waals surface area contributed by atoms with Crippen molar-refractivity contribution < 1.29 is 14.6 Å². The number of nitrogens with one attached hydrogen (secondary N) is 2. The number of amides is 2. The Balaban J connectivity index is 1.53. The van der Waals surface area contributed by atoms with Crippen LogP contribution in [-0.4, -0.2) is 17.2 Å². The molecule has 3 N–H and O–H groups in total. The fourth-order valence-corrected chi connectivity index (χ4v) is 3.08. The van der Waals surface area contributed by atoms with E-state index in [4.69, 9.17) is 4.74 Å². The van der Waals surface area contributed by atoms with Crippen LogP contribution in [0.1, 0.15) is 36.8 Å². The van der Waals surface area contributed by atoms with E-state index in [1.54, 1.807) is 0 Å². The average molecular weight is 340 g/mol. The summed E-state index contributed by atoms with van der Waals surface area (Å²) < 4.78 is 5.96. The van der Waals surface area contributed by atoms with Crippen molar-refractivity contribution >= 4 is 11.7 Å². The number of urea groups is 1. The molecule has 0 unspecified atom stereocenters. The normalized spacial score (nSPS) is 14.3. The monoisotopic (exact) mass is 340 g/mol. The number of anilines is 1. The molecule has 2 aromatic rings. The minimum absolute atomic E-state index is 0.0416. The van der Waals surface area contributed by atoms with Crippen LogP contribution in [0.15, 0.2) is 48.5 Å². The van der Waals surface area contributed by atoms with Crippen molar-refractivity contribution in [3.8, 4) is 5.75 Å². The van der Waals surface area contributed by atoms with Crippen LogP contribution in [0.25, 0.3) is 0 Å². The highest BCUT2D eigenvalue weighted by Gasteiger charge is 2.16. The van der Waals surface area contributed by atoms with Crippen LogP contribution >= 0.6 is 0 Å². The summed E-state index contributed by atoms with van der Waals surface area (Å²) in [4.78, 5) is 12.1. The van der Waals surface area contributed by atoms with Gasteiger partial charge in [0.05, 0.1) is 12.7 Å². The maximum atomic E-state index is 12.1. The number of carbonyl (C=O) groups is 1. The molecule has 3 rings (SSSR count). The lowest BCUT2D eigenvalue weighted by atomic mass is 10.1. The van der Waals surface area contributed by atoms with Gasteiger partial charge in [-0.05, 0) is 48.9 Å². The second-order valence-electron chi connectivity index (χ2n) is 6.29. The van der Waals surface area contributed by atoms with E-state index in [9.17, 15) is 9.90 Å². The van der Waals surface area contributed by atoms with E-state index < -0.39 is 0 Å². The molecule has 0 atom stereocenters. The fourth-order valence-electron chi connectivity index (χ4n) is 3.08. The highest BCUT2D eigenvalue weighted by molar-refractivity contribution is 5.89. The van der Waals surface area contributed by atoms with Crippen LogP contribution in [0.3, 0.4) is 0 Å². The van der Waals surface area contributed by atoms with E-state index in [0.717, 1.165) is 29.7 Å². The Bertz CT molecular complexity index is 712. The number of carbonyl (C=O) groups excluding carboxylic acids is 1. The van der Waals surface area contributed by atoms with Gasteiger partial charge >= 0.3 is 6.03 Å². The summed E-state index contributed by atoms with van der Waals surface area (Å²) >= 11 is 0. The van der Waals surface area contributed by atoms with Gasteiger partial charge in [0.2, 0.25) is 0 Å². The summed E-state index contributed by atoms with van der Waals surface area (Å²) in [5.74, 6) is 0.787. The average Bonchev–Trinajstić information content (AvgIpc) is 3.13. The quantitative estimate of drug-likeness (QED) is 0.748. The van der Waals surface area contributed by atoms with Gasteiger partial charge in [-0.1, -0.05) is 30.3 Å². The Hall–Kier alpha value is -2.53. The number of hydrogen-bond donors (Lipinski definition) is 3. The lowest BCUT2D eigenvalue weighted by Gasteiger charge is -2.14. The minimum Gasteiger partial charge on any atom is -0.490 e. The molecule has 5 heteroatoms. The zero-order valence-electron chi connectivity index (χ0n) is 14.2. The van der Waals surface area contributed by atoms with Crippen LogP contribution in [-0.2, 0) is 13.2 Å². The molecule has 0 aliphatic heterocycles. The van der Waals surface area contributed by atoms with Gasteiger partial charge in [-0.25, -0.2) is 4.79 Å². The predicted octanol–water partition coefficient (Wildman–Crippen LogP) is 3.82. The Labute approximate surface area is 148 Å². The summed E-state index contributed by atoms with van der Waals surface area (Å²) in [6, 6.07) is 14.7. The Morgan fingerprint density at radius 2 is 1.84 bits per heavy atom. The molecule has 1 aliphatic rings. The molecule has 0 aromatic heterocycles. The molecule has 2 aromatic carbocycles. The molecule has 0 heterocycles. The van der Waals surface area contributed by atoms with Crippen LogP contribution < -0.4 is 15.4 Å². The molecular formula is C20H24N2O3. The van der Waals surface area contributed by atoms with Crippen LogP contribution in [0.5, 0.6) is 5.75 Å². The van der Waals surface area contributed by atoms with Gasteiger partial charge in [-0.2, -0.15) is 0 Å². The lowest BCUT2D eigenvalue weighted by Crippen LogP contribution is -2.28. The van der Waals surface area contributed by atoms with Crippen LogP contribution in [0.4, 0.5) is 10.5 Å². The summed E-state index contributed by atoms with van der Waals surface area (Å²) in [7, 11) is 0. The highest BCUT2D eigenvalue weighted by atomic mass is 16.5. The van der Waals surface area contributed by atoms with Crippen LogP contribution in [0.2, 0.25) is 0 Å². The summed E-state index contributed by atoms with van der Waals surface area (Å²) in [6.07, 6.45) is 4.94. The van der Waals surface area contributed by atoms with Crippen molar-refractivity contribution in [1.82, 2.24) is 5.32 Å². The van der Waals surface area contributed by atoms with Gasteiger partial charge in [-0.15, -0.1) is 0 Å². The maximum absolute atomic E-state index is 12.1. The van der Waals surface area contributed by atoms with Gasteiger partial charge < -0.3 is 20.5 Å². The third-order valence-electron chi connectivity index (χ3n) is 4.42. The number of hydrogen-bond acceptors (Lipinski definition) is 3. The predicted molar refractivity (Wildman–Crippen MR) is 97.5 cm³/mol. The highest BCUT2D eigenvalue weighted by Crippen LogP contribution is 2.25. The summed E-state index contributed by atoms with van der Waals surface area (Å²) in [5.41, 5.74) is 2.41. The van der Waals surface area contributed by atoms with Gasteiger partial charge in [0.15, 0.2) is 0 Å². The first-order chi connectivity index (χ1) is 12.2. The van der Waals surface area contributed by atoms with E-state index in [0.29, 0.717) is 18.3 Å². The largest absolute Gasteiger partial charge is 0.490 e. The second kappa shape index (κ2) is 8.53. The zero-order valence-corrected chi connectivity index (χ0v) is 14.2. The SMILES string of the molecule is O=C(NCc1ccccc1CO)Nc1cccc(OC2CCCC2)c1. The van der Waals surface area contributed by atoms with Crippen molar-refractivity contribution in [2.24, 2.45) is 0 Å². The summed E-state index contributed by atoms with van der Waals surface area (Å²) in [6.45, 7) is 0.320. The number of benzene rings is 2. The Kier molecular flexibility index (Phi) is 5.90. The first-order valence-electron chi connectivity index (χ1n) is 8.74. The molecular weight excluding hydrogens is 316 g/mol. The molecule has 0 saturated heterocycles. The Morgan fingerprint density at radius 1 is 1.08 bits per heavy atom. The molecule has 25 heavy (non-hydrogen) atoms. The third kappa shape index (κ3) is 4.97. The molecule has 0 spiro atoms. The van der Waals surface area contributed by atoms with Gasteiger partial charge in [0.1, 0.15) is 5.75 Å². The third-order valence-corrected chi connectivity index (χ3v) is 4.42. The van der Waals surface area contributed by atoms with Crippen molar-refractivity contribution in [1.29, 1.82) is 0 Å². The van der Waals surface area contributed by atoms with Crippen molar-refractivity contribution in [2.45, 2.75) is 44.9 Å². The smallest absolute Gasteiger partial charge is 0.319 e. The van der Waals surface area contributed by atoms with Crippen LogP contribution in [0, 0.1) is 0 Å². The molecule has 132 valence electrons. The molecule has 1 aliphatic carbocycles. The number of rotatable bonds is 6. The standard InChI is InChI=1S/C20H24N2O3/c23-14-16-7-2-1-6-15(16)13-21-20(24)22-17-8-5-11-19(12-17)25-18-9-3-4-10-18/h1-2,5-8,11-12,18,23H,3-4,9-10,13-14H2,(H2,21,22,24). The molecule has 1 fully saturated rings. The van der Waals surface area contributed by atoms with Crippen molar-refractivity contribution in [3.63, 3.8) is 0 Å². The molecule has 0 radical (unpaired) electrons. The summed E-state index contributed by atoms with van der Waals surface area (Å²) in [5, 5.41) is 15.0. The number of aliphatic hydroxyl groups excluding tert-OH is 1. The maximum Gasteiger partial charge on any atom is 0.319 e. The van der Waals surface area contributed by atoms with E-state index in [1.165, 1.54) is 12.8 Å². The van der Waals surface area contributed by atoms with E-state index in [2.05, 4.69) is 10.6 Å². The van der Waals surface area contributed by atoms with Crippen molar-refractivity contribution in [3.05, 3.63) is 59.7 Å². The lowest BCUT2D eigenvalue weighted by molar-refractivity contribution is 0.210.